The van der Waals surface area contributed by atoms with Crippen LogP contribution in [0.1, 0.15) is 38.2 Å². The van der Waals surface area contributed by atoms with Gasteiger partial charge in [0.05, 0.1) is 12.7 Å². The first kappa shape index (κ1) is 17.8. The van der Waals surface area contributed by atoms with Gasteiger partial charge in [-0.25, -0.2) is 0 Å². The van der Waals surface area contributed by atoms with Crippen molar-refractivity contribution in [3.05, 3.63) is 30.0 Å². The van der Waals surface area contributed by atoms with Crippen molar-refractivity contribution in [3.63, 3.8) is 0 Å². The molecule has 0 aliphatic heterocycles. The molecule has 0 saturated carbocycles. The number of esters is 1. The van der Waals surface area contributed by atoms with Crippen LogP contribution >= 0.6 is 0 Å². The van der Waals surface area contributed by atoms with Gasteiger partial charge in [-0.3, -0.25) is 9.59 Å². The summed E-state index contributed by atoms with van der Waals surface area (Å²) in [6, 6.07) is 4.69. The van der Waals surface area contributed by atoms with E-state index in [9.17, 15) is 14.7 Å². The first-order valence-electron chi connectivity index (χ1n) is 8.21. The molecule has 24 heavy (non-hydrogen) atoms. The molecular formula is C18H23NO5. The zero-order chi connectivity index (χ0) is 17.4. The van der Waals surface area contributed by atoms with Gasteiger partial charge in [0, 0.05) is 23.6 Å². The van der Waals surface area contributed by atoms with Crippen LogP contribution in [0.3, 0.4) is 0 Å². The smallest absolute Gasteiger partial charge is 0.310 e. The van der Waals surface area contributed by atoms with Gasteiger partial charge in [-0.2, -0.15) is 0 Å². The molecule has 1 aromatic heterocycles. The van der Waals surface area contributed by atoms with Crippen molar-refractivity contribution in [1.29, 1.82) is 0 Å². The van der Waals surface area contributed by atoms with Crippen LogP contribution < -0.4 is 5.32 Å². The maximum atomic E-state index is 11.8. The Labute approximate surface area is 140 Å². The number of benzene rings is 1. The minimum Gasteiger partial charge on any atom is -0.508 e. The molecule has 0 aliphatic rings. The first-order valence-corrected chi connectivity index (χ1v) is 8.21. The van der Waals surface area contributed by atoms with E-state index in [1.165, 1.54) is 18.4 Å². The van der Waals surface area contributed by atoms with Crippen LogP contribution in [-0.2, 0) is 20.7 Å². The summed E-state index contributed by atoms with van der Waals surface area (Å²) in [6.07, 6.45) is 5.79. The number of hydrogen-bond donors (Lipinski definition) is 2. The molecule has 6 heteroatoms. The van der Waals surface area contributed by atoms with E-state index in [1.54, 1.807) is 6.07 Å². The summed E-state index contributed by atoms with van der Waals surface area (Å²) in [6.45, 7) is 2.46. The standard InChI is InChI=1S/C18H23NO5/c1-2-3-4-5-8-19-17(21)12-24-18(22)9-13-11-23-16-10-14(20)6-7-15(13)16/h6-7,10-11,20H,2-5,8-9,12H2,1H3,(H,19,21). The van der Waals surface area contributed by atoms with Gasteiger partial charge in [0.2, 0.25) is 0 Å². The minimum absolute atomic E-state index is 0.0154. The molecule has 0 radical (unpaired) electrons. The molecule has 1 aromatic carbocycles. The molecule has 0 spiro atoms. The Morgan fingerprint density at radius 1 is 1.25 bits per heavy atom. The van der Waals surface area contributed by atoms with E-state index in [2.05, 4.69) is 12.2 Å². The number of carbonyl (C=O) groups is 2. The molecule has 6 nitrogen and oxygen atoms in total. The first-order chi connectivity index (χ1) is 11.6. The van der Waals surface area contributed by atoms with Gasteiger partial charge in [-0.15, -0.1) is 0 Å². The maximum Gasteiger partial charge on any atom is 0.310 e. The summed E-state index contributed by atoms with van der Waals surface area (Å²) in [5.74, 6) is -0.685. The molecule has 2 N–H and O–H groups in total. The van der Waals surface area contributed by atoms with E-state index >= 15 is 0 Å². The predicted molar refractivity (Wildman–Crippen MR) is 89.7 cm³/mol. The molecule has 0 saturated heterocycles. The van der Waals surface area contributed by atoms with Gasteiger partial charge in [0.15, 0.2) is 6.61 Å². The van der Waals surface area contributed by atoms with Crippen molar-refractivity contribution in [2.45, 2.75) is 39.0 Å². The second-order valence-electron chi connectivity index (χ2n) is 5.69. The molecule has 2 rings (SSSR count). The van der Waals surface area contributed by atoms with Crippen molar-refractivity contribution >= 4 is 22.8 Å². The van der Waals surface area contributed by atoms with Crippen LogP contribution in [0.25, 0.3) is 11.0 Å². The fourth-order valence-electron chi connectivity index (χ4n) is 2.39. The lowest BCUT2D eigenvalue weighted by atomic mass is 10.1. The molecular weight excluding hydrogens is 310 g/mol. The number of amides is 1. The number of fused-ring (bicyclic) bond motifs is 1. The number of hydrogen-bond acceptors (Lipinski definition) is 5. The average Bonchev–Trinajstić information content (AvgIpc) is 2.94. The Bertz CT molecular complexity index is 692. The van der Waals surface area contributed by atoms with Crippen molar-refractivity contribution in [1.82, 2.24) is 5.32 Å². The number of unbranched alkanes of at least 4 members (excludes halogenated alkanes) is 3. The number of phenols is 1. The zero-order valence-corrected chi connectivity index (χ0v) is 13.8. The van der Waals surface area contributed by atoms with E-state index in [1.807, 2.05) is 0 Å². The van der Waals surface area contributed by atoms with Gasteiger partial charge in [0.1, 0.15) is 11.3 Å². The van der Waals surface area contributed by atoms with Crippen LogP contribution in [0.15, 0.2) is 28.9 Å². The minimum atomic E-state index is -0.494. The fourth-order valence-corrected chi connectivity index (χ4v) is 2.39. The van der Waals surface area contributed by atoms with Gasteiger partial charge in [-0.1, -0.05) is 26.2 Å². The van der Waals surface area contributed by atoms with E-state index in [-0.39, 0.29) is 24.7 Å². The Hall–Kier alpha value is -2.50. The number of nitrogens with one attached hydrogen (secondary N) is 1. The summed E-state index contributed by atoms with van der Waals surface area (Å²) in [7, 11) is 0. The molecule has 1 heterocycles. The number of phenolic OH excluding ortho intramolecular Hbond substituents is 1. The van der Waals surface area contributed by atoms with E-state index < -0.39 is 5.97 Å². The molecule has 0 atom stereocenters. The Balaban J connectivity index is 1.73. The third-order valence-electron chi connectivity index (χ3n) is 3.69. The van der Waals surface area contributed by atoms with Crippen LogP contribution in [-0.4, -0.2) is 30.1 Å². The normalized spacial score (nSPS) is 10.7. The molecule has 130 valence electrons. The van der Waals surface area contributed by atoms with Crippen molar-refractivity contribution in [3.8, 4) is 5.75 Å². The van der Waals surface area contributed by atoms with E-state index in [0.29, 0.717) is 17.7 Å². The average molecular weight is 333 g/mol. The molecule has 0 aliphatic carbocycles. The number of rotatable bonds is 9. The van der Waals surface area contributed by atoms with Gasteiger partial charge in [-0.05, 0) is 18.6 Å². The number of ether oxygens (including phenoxy) is 1. The highest BCUT2D eigenvalue weighted by molar-refractivity contribution is 5.87. The summed E-state index contributed by atoms with van der Waals surface area (Å²) < 4.78 is 10.3. The van der Waals surface area contributed by atoms with Crippen molar-refractivity contribution in [2.24, 2.45) is 0 Å². The zero-order valence-electron chi connectivity index (χ0n) is 13.8. The van der Waals surface area contributed by atoms with E-state index in [4.69, 9.17) is 9.15 Å². The van der Waals surface area contributed by atoms with Gasteiger partial charge < -0.3 is 19.6 Å². The molecule has 0 bridgehead atoms. The Kier molecular flexibility index (Phi) is 6.66. The third-order valence-corrected chi connectivity index (χ3v) is 3.69. The molecule has 1 amide bonds. The summed E-state index contributed by atoms with van der Waals surface area (Å²) in [5, 5.41) is 12.9. The van der Waals surface area contributed by atoms with Gasteiger partial charge >= 0.3 is 5.97 Å². The van der Waals surface area contributed by atoms with Crippen LogP contribution in [0.5, 0.6) is 5.75 Å². The summed E-state index contributed by atoms with van der Waals surface area (Å²) in [4.78, 5) is 23.4. The predicted octanol–water partition coefficient (Wildman–Crippen LogP) is 2.92. The lowest BCUT2D eigenvalue weighted by Gasteiger charge is -2.06. The second-order valence-corrected chi connectivity index (χ2v) is 5.69. The fraction of sp³-hybridized carbons (Fsp3) is 0.444. The number of furan rings is 1. The molecule has 0 unspecified atom stereocenters. The number of carbonyl (C=O) groups excluding carboxylic acids is 2. The highest BCUT2D eigenvalue weighted by atomic mass is 16.5. The van der Waals surface area contributed by atoms with Crippen LogP contribution in [0, 0.1) is 0 Å². The lowest BCUT2D eigenvalue weighted by molar-refractivity contribution is -0.147. The van der Waals surface area contributed by atoms with E-state index in [0.717, 1.165) is 31.1 Å². The second kappa shape index (κ2) is 8.96. The lowest BCUT2D eigenvalue weighted by Crippen LogP contribution is -2.29. The maximum absolute atomic E-state index is 11.8. The topological polar surface area (TPSA) is 88.8 Å². The quantitative estimate of drug-likeness (QED) is 0.544. The molecule has 2 aromatic rings. The van der Waals surface area contributed by atoms with Crippen LogP contribution in [0.4, 0.5) is 0 Å². The summed E-state index contributed by atoms with van der Waals surface area (Å²) >= 11 is 0. The monoisotopic (exact) mass is 333 g/mol. The van der Waals surface area contributed by atoms with Crippen molar-refractivity contribution in [2.75, 3.05) is 13.2 Å². The Morgan fingerprint density at radius 2 is 2.08 bits per heavy atom. The number of aromatic hydroxyl groups is 1. The third kappa shape index (κ3) is 5.30. The highest BCUT2D eigenvalue weighted by Gasteiger charge is 2.13. The SMILES string of the molecule is CCCCCCNC(=O)COC(=O)Cc1coc2cc(O)ccc12. The summed E-state index contributed by atoms with van der Waals surface area (Å²) in [5.41, 5.74) is 1.16. The van der Waals surface area contributed by atoms with Crippen molar-refractivity contribution < 1.29 is 23.8 Å². The highest BCUT2D eigenvalue weighted by Crippen LogP contribution is 2.25. The molecule has 0 fully saturated rings. The Morgan fingerprint density at radius 3 is 2.88 bits per heavy atom. The van der Waals surface area contributed by atoms with Crippen LogP contribution in [0.2, 0.25) is 0 Å². The van der Waals surface area contributed by atoms with Gasteiger partial charge in [0.25, 0.3) is 5.91 Å². The largest absolute Gasteiger partial charge is 0.508 e.